The van der Waals surface area contributed by atoms with Crippen LogP contribution < -0.4 is 28.4 Å². The van der Waals surface area contributed by atoms with E-state index in [4.69, 9.17) is 28.4 Å². The summed E-state index contributed by atoms with van der Waals surface area (Å²) in [5.41, 5.74) is 11.9. The number of likely N-dealkylation sites (tertiary alicyclic amines) is 4. The van der Waals surface area contributed by atoms with Crippen molar-refractivity contribution < 1.29 is 43.1 Å². The molecule has 16 aliphatic rings. The zero-order chi connectivity index (χ0) is 60.7. The van der Waals surface area contributed by atoms with Gasteiger partial charge in [-0.25, -0.2) is 0 Å². The van der Waals surface area contributed by atoms with Crippen molar-refractivity contribution in [3.63, 3.8) is 0 Å². The molecule has 4 fully saturated rings. The zero-order valence-electron chi connectivity index (χ0n) is 53.2. The summed E-state index contributed by atoms with van der Waals surface area (Å²) in [6.07, 6.45) is 25.7. The molecule has 0 amide bonds. The second kappa shape index (κ2) is 18.6. The average Bonchev–Trinajstić information content (AvgIpc) is 1.41. The molecule has 4 aromatic carbocycles. The van der Waals surface area contributed by atoms with E-state index in [0.29, 0.717) is 53.6 Å². The predicted octanol–water partition coefficient (Wildman–Crippen LogP) is 9.75. The van der Waals surface area contributed by atoms with Crippen LogP contribution in [0, 0.1) is 41.4 Å². The van der Waals surface area contributed by atoms with Gasteiger partial charge in [0.15, 0.2) is 58.3 Å². The Morgan fingerprint density at radius 2 is 0.920 bits per heavy atom. The number of carbonyl (C=O) groups is 2. The number of rotatable bonds is 2. The van der Waals surface area contributed by atoms with Crippen LogP contribution in [0.4, 0.5) is 0 Å². The number of hydrogen-bond donors (Lipinski definition) is 1. The first-order valence-electron chi connectivity index (χ1n) is 33.0. The molecule has 8 heterocycles. The van der Waals surface area contributed by atoms with E-state index in [1.807, 2.05) is 12.1 Å². The molecule has 13 heteroatoms. The van der Waals surface area contributed by atoms with Gasteiger partial charge < -0.3 is 53.1 Å². The summed E-state index contributed by atoms with van der Waals surface area (Å²) in [5, 5.41) is 10.3. The Bertz CT molecular complexity index is 3850. The number of hydrogen-bond acceptors (Lipinski definition) is 13. The molecule has 8 aliphatic heterocycles. The fourth-order valence-corrected chi connectivity index (χ4v) is 22.6. The second-order valence-electron chi connectivity index (χ2n) is 30.0. The van der Waals surface area contributed by atoms with E-state index in [1.54, 1.807) is 26.4 Å². The normalized spacial score (nSPS) is 41.2. The molecule has 0 aromatic heterocycles. The number of likely N-dealkylation sites (N-methyl/N-ethyl adjacent to an activating group) is 4. The molecule has 0 radical (unpaired) electrons. The summed E-state index contributed by atoms with van der Waals surface area (Å²) in [7, 11) is 12.4. The minimum atomic E-state index is -0.404. The lowest BCUT2D eigenvalue weighted by molar-refractivity contribution is -0.133. The molecule has 88 heavy (non-hydrogen) atoms. The molecule has 0 saturated carbocycles. The van der Waals surface area contributed by atoms with Crippen molar-refractivity contribution in [1.29, 1.82) is 0 Å². The van der Waals surface area contributed by atoms with E-state index in [9.17, 15) is 14.7 Å². The van der Waals surface area contributed by atoms with E-state index in [0.717, 1.165) is 111 Å². The van der Waals surface area contributed by atoms with E-state index < -0.39 is 6.10 Å². The molecule has 18 atom stereocenters. The Kier molecular flexibility index (Phi) is 11.8. The molecule has 8 bridgehead atoms. The molecule has 460 valence electrons. The summed E-state index contributed by atoms with van der Waals surface area (Å²) in [4.78, 5) is 35.3. The monoisotopic (exact) mass is 1190 g/mol. The molecule has 11 unspecified atom stereocenters. The summed E-state index contributed by atoms with van der Waals surface area (Å²) in [6.45, 7) is 15.6. The number of methoxy groups -OCH3 is 2. The minimum absolute atomic E-state index is 0.0232. The van der Waals surface area contributed by atoms with Crippen molar-refractivity contribution in [2.24, 2.45) is 34.5 Å². The zero-order valence-corrected chi connectivity index (χ0v) is 53.2. The molecule has 8 aliphatic carbocycles. The Morgan fingerprint density at radius 3 is 1.43 bits per heavy atom. The van der Waals surface area contributed by atoms with Crippen molar-refractivity contribution in [3.05, 3.63) is 147 Å². The van der Waals surface area contributed by atoms with E-state index in [1.165, 1.54) is 50.9 Å². The van der Waals surface area contributed by atoms with Crippen molar-refractivity contribution >= 4 is 11.6 Å². The van der Waals surface area contributed by atoms with Gasteiger partial charge in [-0.2, -0.15) is 0 Å². The number of benzene rings is 4. The Morgan fingerprint density at radius 1 is 0.500 bits per heavy atom. The van der Waals surface area contributed by atoms with Crippen molar-refractivity contribution in [2.75, 3.05) is 68.6 Å². The van der Waals surface area contributed by atoms with Gasteiger partial charge in [0.1, 0.15) is 18.0 Å². The number of piperidine rings is 4. The van der Waals surface area contributed by atoms with Gasteiger partial charge in [0.2, 0.25) is 0 Å². The third-order valence-corrected chi connectivity index (χ3v) is 26.8. The van der Waals surface area contributed by atoms with Crippen molar-refractivity contribution in [1.82, 2.24) is 19.6 Å². The fourth-order valence-electron chi connectivity index (χ4n) is 22.6. The second-order valence-corrected chi connectivity index (χ2v) is 30.0. The highest BCUT2D eigenvalue weighted by Crippen LogP contribution is 2.70. The van der Waals surface area contributed by atoms with E-state index >= 15 is 0 Å². The largest absolute Gasteiger partial charge is 0.504 e. The van der Waals surface area contributed by atoms with Gasteiger partial charge in [-0.15, -0.1) is 0 Å². The predicted molar refractivity (Wildman–Crippen MR) is 337 cm³/mol. The van der Waals surface area contributed by atoms with Crippen LogP contribution in [-0.4, -0.2) is 153 Å². The smallest absolute Gasteiger partial charge is 0.196 e. The number of ether oxygens (including phenoxy) is 6. The maximum absolute atomic E-state index is 12.7. The van der Waals surface area contributed by atoms with Crippen LogP contribution in [0.3, 0.4) is 0 Å². The van der Waals surface area contributed by atoms with Gasteiger partial charge in [0.05, 0.1) is 25.0 Å². The highest BCUT2D eigenvalue weighted by atomic mass is 16.5. The topological polar surface area (TPSA) is 123 Å². The number of nitrogens with zero attached hydrogens (tertiary/aromatic N) is 4. The van der Waals surface area contributed by atoms with Crippen LogP contribution in [0.15, 0.2) is 97.1 Å². The van der Waals surface area contributed by atoms with Gasteiger partial charge in [0.25, 0.3) is 0 Å². The highest BCUT2D eigenvalue weighted by molar-refractivity contribution is 5.99. The van der Waals surface area contributed by atoms with Crippen LogP contribution in [0.1, 0.15) is 103 Å². The minimum Gasteiger partial charge on any atom is -0.504 e. The number of aromatic hydroxyl groups is 1. The maximum atomic E-state index is 12.7. The number of ketones is 2. The summed E-state index contributed by atoms with van der Waals surface area (Å²) in [6, 6.07) is 18.9. The molecule has 4 aromatic rings. The quantitative estimate of drug-likeness (QED) is 0.192. The van der Waals surface area contributed by atoms with E-state index in [-0.39, 0.29) is 62.4 Å². The number of phenolic OH excluding ortho intramolecular Hbond substituents is 1. The van der Waals surface area contributed by atoms with Gasteiger partial charge >= 0.3 is 0 Å². The molecular formula is C75H86N4O9. The average molecular weight is 1190 g/mol. The van der Waals surface area contributed by atoms with Gasteiger partial charge in [-0.1, -0.05) is 94.5 Å². The first kappa shape index (κ1) is 55.7. The summed E-state index contributed by atoms with van der Waals surface area (Å²) < 4.78 is 36.6. The first-order valence-corrected chi connectivity index (χ1v) is 33.0. The Hall–Kier alpha value is -6.38. The lowest BCUT2D eigenvalue weighted by Crippen LogP contribution is -2.69. The van der Waals surface area contributed by atoms with E-state index in [2.05, 4.69) is 155 Å². The number of carbonyl (C=O) groups excluding carboxylic acids is 2. The highest BCUT2D eigenvalue weighted by Gasteiger charge is 2.72. The maximum Gasteiger partial charge on any atom is 0.196 e. The fraction of sp³-hybridized carbons (Fsp3) is 0.547. The molecular weight excluding hydrogens is 1100 g/mol. The van der Waals surface area contributed by atoms with Gasteiger partial charge in [-0.3, -0.25) is 9.59 Å². The lowest BCUT2D eigenvalue weighted by atomic mass is 9.46. The number of aryl methyl sites for hydroxylation is 1. The molecule has 20 rings (SSSR count). The third-order valence-electron chi connectivity index (χ3n) is 26.8. The third kappa shape index (κ3) is 6.57. The Labute approximate surface area is 518 Å². The van der Waals surface area contributed by atoms with Crippen molar-refractivity contribution in [3.8, 4) is 40.2 Å². The van der Waals surface area contributed by atoms with Crippen LogP contribution in [0.25, 0.3) is 0 Å². The Balaban J connectivity index is 0.0000000911. The molecule has 13 nitrogen and oxygen atoms in total. The first-order chi connectivity index (χ1) is 42.3. The molecule has 4 spiro atoms. The summed E-state index contributed by atoms with van der Waals surface area (Å²) >= 11 is 0. The SMILES string of the molecule is COc1ccc2c3c1OC1C(=O)C=CC4(C)C(C2)N(C)CC[C@]314.COc1ccc2c3c1OC1[C@@H](C)C=CC4C(C2)N(C)CC[C@@]341.C[C@H]1C=CC2C3Cc4ccc(O)c5c4[C@@]2(CCN3C)C1O5.Cc1ccc2c3c1OC1C(=O)C=C[C@@]4(C)C(C2)N(C)CC[C@]314. The standard InChI is InChI=1S/C19H21NO3.C19H23NO2.C19H21NO2.C18H21NO2/c1-18-7-6-12(21)17-19(18)8-9-20(2)14(18)10-11-4-5-13(22-3)16(23-17)15(11)19;1-11-4-6-13-14-10-12-5-7-15(21-3)17-16(12)19(13,18(11)22-17)8-9-20(14)2;1-11-4-5-12-10-14-18(2)7-6-13(21)17-19(18,8-9-20(14)3)15(12)16(11)22-17;1-10-3-5-12-13-9-11-4-6-14(20)16-15(11)18(12,17(10)21-16)7-8-19(13)2/h4-7,14,17H,8-10H2,1-3H3;4-7,11,13-14,18H,8-10H2,1-3H3;4-7,14,17H,8-10H2,1-3H3;3-6,10,12-13,17,20H,7-9H2,1-2H3/t14?,17?,18?,19-;11-,13?,14?,18?,19-;14?,17?,18-,19-;10-,12?,13?,17?,18-/m0000/s1. The van der Waals surface area contributed by atoms with Crippen molar-refractivity contribution in [2.45, 2.75) is 156 Å². The van der Waals surface area contributed by atoms with Crippen LogP contribution in [0.2, 0.25) is 0 Å². The lowest BCUT2D eigenvalue weighted by Gasteiger charge is -2.61. The molecule has 4 saturated heterocycles. The molecule has 1 N–H and O–H groups in total. The van der Waals surface area contributed by atoms with Gasteiger partial charge in [-0.05, 0) is 171 Å². The van der Waals surface area contributed by atoms with Crippen LogP contribution in [0.5, 0.6) is 40.2 Å². The van der Waals surface area contributed by atoms with Crippen LogP contribution in [-0.2, 0) is 56.9 Å². The number of phenols is 1. The summed E-state index contributed by atoms with van der Waals surface area (Å²) in [5.74, 6) is 7.80. The van der Waals surface area contributed by atoms with Crippen LogP contribution >= 0.6 is 0 Å². The van der Waals surface area contributed by atoms with Gasteiger partial charge in [0, 0.05) is 91.8 Å².